The number of imide groups is 1. The quantitative estimate of drug-likeness (QED) is 0.446. The number of aromatic hydroxyl groups is 1. The van der Waals surface area contributed by atoms with E-state index in [0.29, 0.717) is 29.0 Å². The van der Waals surface area contributed by atoms with Crippen LogP contribution in [-0.2, 0) is 11.3 Å². The molecule has 0 atom stereocenters. The fraction of sp³-hybridized carbons (Fsp3) is 0.0909. The third-order valence-electron chi connectivity index (χ3n) is 4.68. The average molecular weight is 406 g/mol. The van der Waals surface area contributed by atoms with E-state index in [1.807, 2.05) is 35.0 Å². The fourth-order valence-corrected chi connectivity index (χ4v) is 3.86. The molecule has 0 aliphatic carbocycles. The van der Waals surface area contributed by atoms with Crippen LogP contribution in [0.15, 0.2) is 59.4 Å². The van der Waals surface area contributed by atoms with Crippen LogP contribution < -0.4 is 15.4 Å². The van der Waals surface area contributed by atoms with Crippen molar-refractivity contribution in [2.75, 3.05) is 7.11 Å². The van der Waals surface area contributed by atoms with Gasteiger partial charge in [-0.25, -0.2) is 0 Å². The number of thiophene rings is 1. The lowest BCUT2D eigenvalue weighted by Crippen LogP contribution is -2.37. The largest absolute Gasteiger partial charge is 0.504 e. The van der Waals surface area contributed by atoms with E-state index in [1.54, 1.807) is 35.7 Å². The van der Waals surface area contributed by atoms with E-state index in [2.05, 4.69) is 10.6 Å². The van der Waals surface area contributed by atoms with E-state index in [-0.39, 0.29) is 5.75 Å². The Morgan fingerprint density at radius 1 is 1.07 bits per heavy atom. The molecule has 146 valence electrons. The molecule has 4 rings (SSSR count). The summed E-state index contributed by atoms with van der Waals surface area (Å²) in [5.74, 6) is -0.410. The molecule has 0 radical (unpaired) electrons. The Balaban J connectivity index is 1.62. The SMILES string of the molecule is COc1ccc(CN/C=C2\C(=O)NC(=O)c3ccc(-c4ccsc4)cc32)cc1O. The number of nitrogens with one attached hydrogen (secondary N) is 2. The molecule has 0 saturated carbocycles. The van der Waals surface area contributed by atoms with Crippen LogP contribution in [0.3, 0.4) is 0 Å². The third kappa shape index (κ3) is 3.72. The van der Waals surface area contributed by atoms with Gasteiger partial charge in [0.2, 0.25) is 0 Å². The maximum atomic E-state index is 12.5. The van der Waals surface area contributed by atoms with E-state index in [9.17, 15) is 14.7 Å². The monoisotopic (exact) mass is 406 g/mol. The van der Waals surface area contributed by atoms with E-state index >= 15 is 0 Å². The van der Waals surface area contributed by atoms with E-state index in [4.69, 9.17) is 4.74 Å². The van der Waals surface area contributed by atoms with Gasteiger partial charge in [-0.3, -0.25) is 14.9 Å². The second-order valence-corrected chi connectivity index (χ2v) is 7.28. The highest BCUT2D eigenvalue weighted by Crippen LogP contribution is 2.30. The number of ether oxygens (including phenoxy) is 1. The van der Waals surface area contributed by atoms with E-state index < -0.39 is 11.8 Å². The molecule has 0 fully saturated rings. The molecule has 6 nitrogen and oxygen atoms in total. The lowest BCUT2D eigenvalue weighted by molar-refractivity contribution is -0.114. The van der Waals surface area contributed by atoms with Gasteiger partial charge in [-0.15, -0.1) is 0 Å². The van der Waals surface area contributed by atoms with Crippen LogP contribution >= 0.6 is 11.3 Å². The summed E-state index contributed by atoms with van der Waals surface area (Å²) in [5.41, 5.74) is 4.23. The Bertz CT molecular complexity index is 1120. The fourth-order valence-electron chi connectivity index (χ4n) is 3.19. The second-order valence-electron chi connectivity index (χ2n) is 6.50. The molecule has 3 aromatic rings. The predicted octanol–water partition coefficient (Wildman–Crippen LogP) is 3.53. The Morgan fingerprint density at radius 2 is 1.93 bits per heavy atom. The van der Waals surface area contributed by atoms with Crippen LogP contribution in [0.4, 0.5) is 0 Å². The summed E-state index contributed by atoms with van der Waals surface area (Å²) in [4.78, 5) is 24.7. The first-order chi connectivity index (χ1) is 14.1. The summed E-state index contributed by atoms with van der Waals surface area (Å²) in [6.07, 6.45) is 1.60. The number of rotatable bonds is 5. The van der Waals surface area contributed by atoms with Crippen molar-refractivity contribution in [2.24, 2.45) is 0 Å². The smallest absolute Gasteiger partial charge is 0.260 e. The van der Waals surface area contributed by atoms with Crippen LogP contribution in [0.5, 0.6) is 11.5 Å². The molecular formula is C22H18N2O4S. The van der Waals surface area contributed by atoms with Gasteiger partial charge in [-0.1, -0.05) is 12.1 Å². The zero-order valence-electron chi connectivity index (χ0n) is 15.6. The predicted molar refractivity (Wildman–Crippen MR) is 112 cm³/mol. The maximum absolute atomic E-state index is 12.5. The van der Waals surface area contributed by atoms with Crippen molar-refractivity contribution < 1.29 is 19.4 Å². The van der Waals surface area contributed by atoms with Crippen LogP contribution in [-0.4, -0.2) is 24.0 Å². The highest BCUT2D eigenvalue weighted by molar-refractivity contribution is 7.08. The van der Waals surface area contributed by atoms with Gasteiger partial charge in [0, 0.05) is 23.9 Å². The minimum atomic E-state index is -0.449. The zero-order chi connectivity index (χ0) is 20.4. The van der Waals surface area contributed by atoms with Crippen LogP contribution in [0, 0.1) is 0 Å². The number of carbonyl (C=O) groups excluding carboxylic acids is 2. The number of methoxy groups -OCH3 is 1. The second kappa shape index (κ2) is 7.81. The Kier molecular flexibility index (Phi) is 5.05. The summed E-state index contributed by atoms with van der Waals surface area (Å²) in [7, 11) is 1.49. The number of phenolic OH excluding ortho intramolecular Hbond substituents is 1. The first-order valence-electron chi connectivity index (χ1n) is 8.89. The third-order valence-corrected chi connectivity index (χ3v) is 5.36. The Morgan fingerprint density at radius 3 is 2.66 bits per heavy atom. The Hall–Kier alpha value is -3.58. The number of carbonyl (C=O) groups is 2. The molecule has 1 aromatic heterocycles. The molecule has 3 N–H and O–H groups in total. The standard InChI is InChI=1S/C22H18N2O4S/c1-28-20-5-2-13(8-19(20)25)10-23-11-18-17-9-14(15-6-7-29-12-15)3-4-16(17)21(26)24-22(18)27/h2-9,11-12,23,25H,10H2,1H3,(H,24,26,27)/b18-11-. The summed E-state index contributed by atoms with van der Waals surface area (Å²) >= 11 is 1.59. The van der Waals surface area contributed by atoms with Crippen molar-refractivity contribution in [2.45, 2.75) is 6.54 Å². The molecule has 0 saturated heterocycles. The van der Waals surface area contributed by atoms with Gasteiger partial charge in [0.05, 0.1) is 12.7 Å². The van der Waals surface area contributed by atoms with Crippen molar-refractivity contribution in [3.63, 3.8) is 0 Å². The minimum absolute atomic E-state index is 0.0474. The molecule has 1 aliphatic heterocycles. The van der Waals surface area contributed by atoms with Crippen molar-refractivity contribution >= 4 is 28.7 Å². The topological polar surface area (TPSA) is 87.7 Å². The van der Waals surface area contributed by atoms with Gasteiger partial charge in [0.25, 0.3) is 11.8 Å². The number of amides is 2. The highest BCUT2D eigenvalue weighted by Gasteiger charge is 2.27. The number of hydrogen-bond donors (Lipinski definition) is 3. The van der Waals surface area contributed by atoms with Crippen LogP contribution in [0.25, 0.3) is 16.7 Å². The Labute approximate surface area is 171 Å². The highest BCUT2D eigenvalue weighted by atomic mass is 32.1. The average Bonchev–Trinajstić information content (AvgIpc) is 3.25. The first kappa shape index (κ1) is 18.8. The number of phenols is 1. The van der Waals surface area contributed by atoms with Crippen LogP contribution in [0.1, 0.15) is 21.5 Å². The lowest BCUT2D eigenvalue weighted by Gasteiger charge is -2.19. The molecule has 2 heterocycles. The minimum Gasteiger partial charge on any atom is -0.504 e. The van der Waals surface area contributed by atoms with Gasteiger partial charge in [0.1, 0.15) is 0 Å². The molecule has 2 aromatic carbocycles. The maximum Gasteiger partial charge on any atom is 0.260 e. The van der Waals surface area contributed by atoms with Gasteiger partial charge >= 0.3 is 0 Å². The lowest BCUT2D eigenvalue weighted by atomic mass is 9.92. The van der Waals surface area contributed by atoms with Crippen molar-refractivity contribution in [1.82, 2.24) is 10.6 Å². The number of fused-ring (bicyclic) bond motifs is 1. The van der Waals surface area contributed by atoms with Gasteiger partial charge in [0.15, 0.2) is 11.5 Å². The summed E-state index contributed by atoms with van der Waals surface area (Å²) in [6.45, 7) is 0.391. The van der Waals surface area contributed by atoms with Gasteiger partial charge in [-0.2, -0.15) is 11.3 Å². The van der Waals surface area contributed by atoms with Gasteiger partial charge in [-0.05, 0) is 57.8 Å². The van der Waals surface area contributed by atoms with Crippen LogP contribution in [0.2, 0.25) is 0 Å². The van der Waals surface area contributed by atoms with Crippen molar-refractivity contribution in [3.8, 4) is 22.6 Å². The molecule has 29 heavy (non-hydrogen) atoms. The molecule has 0 unspecified atom stereocenters. The summed E-state index contributed by atoms with van der Waals surface area (Å²) in [5, 5.41) is 19.4. The molecule has 2 amide bonds. The first-order valence-corrected chi connectivity index (χ1v) is 9.83. The van der Waals surface area contributed by atoms with Gasteiger partial charge < -0.3 is 15.2 Å². The molecular weight excluding hydrogens is 388 g/mol. The molecule has 1 aliphatic rings. The van der Waals surface area contributed by atoms with E-state index in [1.165, 1.54) is 7.11 Å². The molecule has 0 spiro atoms. The summed E-state index contributed by atoms with van der Waals surface area (Å²) < 4.78 is 5.04. The van der Waals surface area contributed by atoms with E-state index in [0.717, 1.165) is 16.7 Å². The van der Waals surface area contributed by atoms with Crippen molar-refractivity contribution in [3.05, 3.63) is 76.1 Å². The summed E-state index contributed by atoms with van der Waals surface area (Å²) in [6, 6.07) is 12.6. The van der Waals surface area contributed by atoms with Crippen molar-refractivity contribution in [1.29, 1.82) is 0 Å². The molecule has 0 bridgehead atoms. The zero-order valence-corrected chi connectivity index (χ0v) is 16.4. The normalized spacial score (nSPS) is 14.4. The molecule has 7 heteroatoms. The number of hydrogen-bond acceptors (Lipinski definition) is 6. The number of benzene rings is 2.